The molecule has 0 saturated carbocycles. The molecule has 0 bridgehead atoms. The molecule has 2 aromatic rings. The van der Waals surface area contributed by atoms with Crippen molar-refractivity contribution in [2.45, 2.75) is 12.7 Å². The van der Waals surface area contributed by atoms with E-state index >= 15 is 0 Å². The largest absolute Gasteiger partial charge is 0.367 e. The monoisotopic (exact) mass is 383 g/mol. The van der Waals surface area contributed by atoms with Crippen LogP contribution in [-0.4, -0.2) is 6.54 Å². The summed E-state index contributed by atoms with van der Waals surface area (Å²) in [5.74, 6) is 0. The van der Waals surface area contributed by atoms with E-state index in [-0.39, 0.29) is 6.10 Å². The standard InChI is InChI=1S/C15H15Br2NO/c16-13-7-3-1-5-11(13)10-19-15(9-18)12-6-2-4-8-14(12)17/h1-8,15H,9-10,18H2. The van der Waals surface area contributed by atoms with Crippen molar-refractivity contribution in [1.82, 2.24) is 0 Å². The minimum absolute atomic E-state index is 0.109. The summed E-state index contributed by atoms with van der Waals surface area (Å²) < 4.78 is 8.02. The molecule has 0 amide bonds. The molecule has 1 unspecified atom stereocenters. The molecule has 0 heterocycles. The van der Waals surface area contributed by atoms with E-state index < -0.39 is 0 Å². The SMILES string of the molecule is NCC(OCc1ccccc1Br)c1ccccc1Br. The first-order valence-electron chi connectivity index (χ1n) is 6.02. The van der Waals surface area contributed by atoms with Crippen LogP contribution >= 0.6 is 31.9 Å². The summed E-state index contributed by atoms with van der Waals surface area (Å²) in [6, 6.07) is 16.0. The summed E-state index contributed by atoms with van der Waals surface area (Å²) in [5.41, 5.74) is 8.02. The second-order valence-corrected chi connectivity index (χ2v) is 5.86. The van der Waals surface area contributed by atoms with Crippen molar-refractivity contribution < 1.29 is 4.74 Å². The lowest BCUT2D eigenvalue weighted by molar-refractivity contribution is 0.0449. The lowest BCUT2D eigenvalue weighted by Gasteiger charge is -2.18. The zero-order valence-electron chi connectivity index (χ0n) is 10.4. The second-order valence-electron chi connectivity index (χ2n) is 4.15. The van der Waals surface area contributed by atoms with Crippen LogP contribution in [0.4, 0.5) is 0 Å². The molecule has 0 aliphatic rings. The van der Waals surface area contributed by atoms with Gasteiger partial charge in [-0.25, -0.2) is 0 Å². The van der Waals surface area contributed by atoms with E-state index in [2.05, 4.69) is 31.9 Å². The molecule has 0 aliphatic carbocycles. The molecule has 4 heteroatoms. The van der Waals surface area contributed by atoms with Crippen LogP contribution in [-0.2, 0) is 11.3 Å². The molecule has 19 heavy (non-hydrogen) atoms. The highest BCUT2D eigenvalue weighted by molar-refractivity contribution is 9.10. The van der Waals surface area contributed by atoms with Gasteiger partial charge in [0.15, 0.2) is 0 Å². The van der Waals surface area contributed by atoms with Crippen LogP contribution in [0.1, 0.15) is 17.2 Å². The van der Waals surface area contributed by atoms with E-state index in [1.165, 1.54) is 0 Å². The van der Waals surface area contributed by atoms with Gasteiger partial charge in [0.05, 0.1) is 12.7 Å². The third-order valence-electron chi connectivity index (χ3n) is 2.86. The van der Waals surface area contributed by atoms with Crippen molar-refractivity contribution in [3.05, 3.63) is 68.6 Å². The van der Waals surface area contributed by atoms with E-state index in [1.54, 1.807) is 0 Å². The number of halogens is 2. The molecule has 2 nitrogen and oxygen atoms in total. The topological polar surface area (TPSA) is 35.2 Å². The molecular formula is C15H15Br2NO. The van der Waals surface area contributed by atoms with Gasteiger partial charge in [-0.2, -0.15) is 0 Å². The van der Waals surface area contributed by atoms with E-state index in [9.17, 15) is 0 Å². The highest BCUT2D eigenvalue weighted by Crippen LogP contribution is 2.27. The first-order valence-corrected chi connectivity index (χ1v) is 7.60. The van der Waals surface area contributed by atoms with Crippen molar-refractivity contribution in [3.63, 3.8) is 0 Å². The molecule has 0 fully saturated rings. The zero-order chi connectivity index (χ0) is 13.7. The molecule has 0 spiro atoms. The van der Waals surface area contributed by atoms with Gasteiger partial charge in [0.1, 0.15) is 0 Å². The van der Waals surface area contributed by atoms with Gasteiger partial charge in [-0.05, 0) is 23.3 Å². The molecule has 0 radical (unpaired) electrons. The quantitative estimate of drug-likeness (QED) is 0.827. The van der Waals surface area contributed by atoms with E-state index in [1.807, 2.05) is 48.5 Å². The van der Waals surface area contributed by atoms with E-state index in [0.29, 0.717) is 13.2 Å². The van der Waals surface area contributed by atoms with Gasteiger partial charge in [-0.1, -0.05) is 68.3 Å². The van der Waals surface area contributed by atoms with Gasteiger partial charge in [0, 0.05) is 15.5 Å². The maximum absolute atomic E-state index is 5.94. The van der Waals surface area contributed by atoms with Crippen LogP contribution in [0, 0.1) is 0 Å². The van der Waals surface area contributed by atoms with Gasteiger partial charge in [-0.3, -0.25) is 0 Å². The predicted molar refractivity (Wildman–Crippen MR) is 84.9 cm³/mol. The number of ether oxygens (including phenoxy) is 1. The van der Waals surface area contributed by atoms with Gasteiger partial charge in [-0.15, -0.1) is 0 Å². The fourth-order valence-electron chi connectivity index (χ4n) is 1.83. The minimum atomic E-state index is -0.109. The second kappa shape index (κ2) is 7.20. The van der Waals surface area contributed by atoms with Crippen molar-refractivity contribution in [3.8, 4) is 0 Å². The van der Waals surface area contributed by atoms with Crippen LogP contribution < -0.4 is 5.73 Å². The van der Waals surface area contributed by atoms with Crippen molar-refractivity contribution >= 4 is 31.9 Å². The Morgan fingerprint density at radius 2 is 1.58 bits per heavy atom. The first kappa shape index (κ1) is 14.7. The van der Waals surface area contributed by atoms with Crippen molar-refractivity contribution in [1.29, 1.82) is 0 Å². The molecule has 1 atom stereocenters. The highest BCUT2D eigenvalue weighted by atomic mass is 79.9. The van der Waals surface area contributed by atoms with Crippen molar-refractivity contribution in [2.24, 2.45) is 5.73 Å². The Morgan fingerprint density at radius 3 is 2.21 bits per heavy atom. The molecule has 2 aromatic carbocycles. The number of benzene rings is 2. The van der Waals surface area contributed by atoms with Crippen LogP contribution in [0.25, 0.3) is 0 Å². The number of hydrogen-bond donors (Lipinski definition) is 1. The average Bonchev–Trinajstić information content (AvgIpc) is 2.43. The number of nitrogens with two attached hydrogens (primary N) is 1. The van der Waals surface area contributed by atoms with Gasteiger partial charge >= 0.3 is 0 Å². The Morgan fingerprint density at radius 1 is 0.947 bits per heavy atom. The Labute approximate surface area is 130 Å². The average molecular weight is 385 g/mol. The molecule has 0 aliphatic heterocycles. The highest BCUT2D eigenvalue weighted by Gasteiger charge is 2.13. The predicted octanol–water partition coefficient (Wildman–Crippen LogP) is 4.43. The summed E-state index contributed by atoms with van der Waals surface area (Å²) >= 11 is 7.05. The summed E-state index contributed by atoms with van der Waals surface area (Å²) in [6.45, 7) is 0.984. The molecular weight excluding hydrogens is 370 g/mol. The molecule has 0 saturated heterocycles. The van der Waals surface area contributed by atoms with Crippen LogP contribution in [0.2, 0.25) is 0 Å². The number of rotatable bonds is 5. The third-order valence-corrected chi connectivity index (χ3v) is 4.36. The maximum Gasteiger partial charge on any atom is 0.0962 e. The smallest absolute Gasteiger partial charge is 0.0962 e. The first-order chi connectivity index (χ1) is 9.22. The summed E-state index contributed by atoms with van der Waals surface area (Å²) in [7, 11) is 0. The van der Waals surface area contributed by atoms with Crippen molar-refractivity contribution in [2.75, 3.05) is 6.54 Å². The van der Waals surface area contributed by atoms with Gasteiger partial charge in [0.2, 0.25) is 0 Å². The Balaban J connectivity index is 2.09. The fraction of sp³-hybridized carbons (Fsp3) is 0.200. The fourth-order valence-corrected chi connectivity index (χ4v) is 2.77. The normalized spacial score (nSPS) is 12.4. The lowest BCUT2D eigenvalue weighted by atomic mass is 10.1. The van der Waals surface area contributed by atoms with Gasteiger partial charge in [0.25, 0.3) is 0 Å². The zero-order valence-corrected chi connectivity index (χ0v) is 13.5. The Bertz CT molecular complexity index is 545. The summed E-state index contributed by atoms with van der Waals surface area (Å²) in [5, 5.41) is 0. The molecule has 0 aromatic heterocycles. The van der Waals surface area contributed by atoms with Gasteiger partial charge < -0.3 is 10.5 Å². The van der Waals surface area contributed by atoms with Crippen LogP contribution in [0.3, 0.4) is 0 Å². The Hall–Kier alpha value is -0.680. The molecule has 2 N–H and O–H groups in total. The third kappa shape index (κ3) is 3.89. The maximum atomic E-state index is 5.94. The van der Waals surface area contributed by atoms with Crippen LogP contribution in [0.5, 0.6) is 0 Å². The summed E-state index contributed by atoms with van der Waals surface area (Å²) in [4.78, 5) is 0. The Kier molecular flexibility index (Phi) is 5.58. The number of hydrogen-bond acceptors (Lipinski definition) is 2. The molecule has 100 valence electrons. The minimum Gasteiger partial charge on any atom is -0.367 e. The van der Waals surface area contributed by atoms with E-state index in [0.717, 1.165) is 20.1 Å². The van der Waals surface area contributed by atoms with E-state index in [4.69, 9.17) is 10.5 Å². The lowest BCUT2D eigenvalue weighted by Crippen LogP contribution is -2.16. The van der Waals surface area contributed by atoms with Crippen LogP contribution in [0.15, 0.2) is 57.5 Å². The summed E-state index contributed by atoms with van der Waals surface area (Å²) in [6.07, 6.45) is -0.109. The molecule has 2 rings (SSSR count).